The fourth-order valence-electron chi connectivity index (χ4n) is 1.80. The van der Waals surface area contributed by atoms with E-state index < -0.39 is 6.10 Å². The number of nitrogens with zero attached hydrogens (tertiary/aromatic N) is 2. The van der Waals surface area contributed by atoms with E-state index in [0.29, 0.717) is 17.0 Å². The smallest absolute Gasteiger partial charge is 0.213 e. The SMILES string of the molecule is CC(C)Oc1ccc([C@@H](O)c2ccc(C#N)cc2)cn1. The molecule has 1 aromatic carbocycles. The maximum absolute atomic E-state index is 10.3. The monoisotopic (exact) mass is 268 g/mol. The van der Waals surface area contributed by atoms with Gasteiger partial charge in [0.25, 0.3) is 0 Å². The van der Waals surface area contributed by atoms with E-state index in [1.54, 1.807) is 42.6 Å². The van der Waals surface area contributed by atoms with E-state index in [0.717, 1.165) is 5.56 Å². The first-order chi connectivity index (χ1) is 9.60. The summed E-state index contributed by atoms with van der Waals surface area (Å²) in [6.45, 7) is 3.86. The molecule has 1 N–H and O–H groups in total. The topological polar surface area (TPSA) is 66.1 Å². The summed E-state index contributed by atoms with van der Waals surface area (Å²) in [6.07, 6.45) is 0.903. The van der Waals surface area contributed by atoms with Gasteiger partial charge in [0.15, 0.2) is 0 Å². The number of hydrogen-bond acceptors (Lipinski definition) is 4. The summed E-state index contributed by atoms with van der Waals surface area (Å²) in [6, 6.07) is 12.4. The first-order valence-electron chi connectivity index (χ1n) is 6.41. The Balaban J connectivity index is 2.15. The lowest BCUT2D eigenvalue weighted by Crippen LogP contribution is -2.07. The van der Waals surface area contributed by atoms with Gasteiger partial charge in [-0.05, 0) is 37.6 Å². The molecule has 0 spiro atoms. The molecule has 0 aliphatic rings. The summed E-state index contributed by atoms with van der Waals surface area (Å²) in [7, 11) is 0. The number of pyridine rings is 1. The highest BCUT2D eigenvalue weighted by molar-refractivity contribution is 5.36. The van der Waals surface area contributed by atoms with Crippen LogP contribution in [0.25, 0.3) is 0 Å². The average Bonchev–Trinajstić information content (AvgIpc) is 2.47. The third-order valence-corrected chi connectivity index (χ3v) is 2.79. The normalized spacial score (nSPS) is 11.9. The molecule has 1 heterocycles. The van der Waals surface area contributed by atoms with E-state index in [9.17, 15) is 5.11 Å². The molecule has 20 heavy (non-hydrogen) atoms. The van der Waals surface area contributed by atoms with Crippen LogP contribution in [0, 0.1) is 11.3 Å². The zero-order chi connectivity index (χ0) is 14.5. The average molecular weight is 268 g/mol. The Morgan fingerprint density at radius 3 is 2.25 bits per heavy atom. The van der Waals surface area contributed by atoms with E-state index in [-0.39, 0.29) is 6.10 Å². The molecule has 4 heteroatoms. The van der Waals surface area contributed by atoms with Crippen LogP contribution in [0.5, 0.6) is 5.88 Å². The fraction of sp³-hybridized carbons (Fsp3) is 0.250. The van der Waals surface area contributed by atoms with Crippen molar-refractivity contribution in [1.82, 2.24) is 4.98 Å². The summed E-state index contributed by atoms with van der Waals surface area (Å²) in [5, 5.41) is 19.0. The van der Waals surface area contributed by atoms with Crippen molar-refractivity contribution in [3.8, 4) is 11.9 Å². The quantitative estimate of drug-likeness (QED) is 0.926. The number of benzene rings is 1. The molecule has 0 bridgehead atoms. The third-order valence-electron chi connectivity index (χ3n) is 2.79. The van der Waals surface area contributed by atoms with Crippen LogP contribution >= 0.6 is 0 Å². The van der Waals surface area contributed by atoms with Crippen molar-refractivity contribution in [1.29, 1.82) is 5.26 Å². The highest BCUT2D eigenvalue weighted by Crippen LogP contribution is 2.23. The zero-order valence-electron chi connectivity index (χ0n) is 11.4. The van der Waals surface area contributed by atoms with Crippen molar-refractivity contribution in [3.63, 3.8) is 0 Å². The molecule has 0 radical (unpaired) electrons. The van der Waals surface area contributed by atoms with Gasteiger partial charge in [0.2, 0.25) is 5.88 Å². The molecule has 0 amide bonds. The van der Waals surface area contributed by atoms with Gasteiger partial charge in [-0.1, -0.05) is 12.1 Å². The summed E-state index contributed by atoms with van der Waals surface area (Å²) in [5.41, 5.74) is 1.98. The lowest BCUT2D eigenvalue weighted by molar-refractivity contribution is 0.217. The Morgan fingerprint density at radius 1 is 1.10 bits per heavy atom. The van der Waals surface area contributed by atoms with E-state index in [2.05, 4.69) is 4.98 Å². The van der Waals surface area contributed by atoms with Crippen molar-refractivity contribution >= 4 is 0 Å². The van der Waals surface area contributed by atoms with Crippen LogP contribution in [0.3, 0.4) is 0 Å². The lowest BCUT2D eigenvalue weighted by atomic mass is 10.0. The van der Waals surface area contributed by atoms with Gasteiger partial charge in [-0.25, -0.2) is 4.98 Å². The number of aliphatic hydroxyl groups is 1. The fourth-order valence-corrected chi connectivity index (χ4v) is 1.80. The Labute approximate surface area is 118 Å². The molecule has 0 fully saturated rings. The van der Waals surface area contributed by atoms with Crippen LogP contribution in [0.1, 0.15) is 36.6 Å². The number of aliphatic hydroxyl groups excluding tert-OH is 1. The minimum Gasteiger partial charge on any atom is -0.475 e. The Kier molecular flexibility index (Phi) is 4.34. The van der Waals surface area contributed by atoms with E-state index in [1.807, 2.05) is 19.9 Å². The first kappa shape index (κ1) is 14.0. The summed E-state index contributed by atoms with van der Waals surface area (Å²) < 4.78 is 5.46. The number of hydrogen-bond donors (Lipinski definition) is 1. The molecule has 0 unspecified atom stereocenters. The standard InChI is InChI=1S/C16H16N2O2/c1-11(2)20-15-8-7-14(10-18-15)16(19)13-5-3-12(9-17)4-6-13/h3-8,10-11,16,19H,1-2H3/t16-/m0/s1. The highest BCUT2D eigenvalue weighted by Gasteiger charge is 2.11. The van der Waals surface area contributed by atoms with Crippen molar-refractivity contribution in [2.75, 3.05) is 0 Å². The van der Waals surface area contributed by atoms with Gasteiger partial charge in [-0.15, -0.1) is 0 Å². The van der Waals surface area contributed by atoms with Crippen molar-refractivity contribution < 1.29 is 9.84 Å². The zero-order valence-corrected chi connectivity index (χ0v) is 11.4. The van der Waals surface area contributed by atoms with E-state index in [4.69, 9.17) is 10.00 Å². The molecule has 0 saturated carbocycles. The molecule has 0 aliphatic heterocycles. The van der Waals surface area contributed by atoms with Gasteiger partial charge in [-0.3, -0.25) is 0 Å². The molecule has 2 rings (SSSR count). The molecule has 0 saturated heterocycles. The second kappa shape index (κ2) is 6.18. The number of rotatable bonds is 4. The molecule has 2 aromatic rings. The molecule has 1 aromatic heterocycles. The van der Waals surface area contributed by atoms with Crippen molar-refractivity contribution in [2.24, 2.45) is 0 Å². The Hall–Kier alpha value is -2.38. The molecular weight excluding hydrogens is 252 g/mol. The van der Waals surface area contributed by atoms with Gasteiger partial charge >= 0.3 is 0 Å². The second-order valence-corrected chi connectivity index (χ2v) is 4.73. The number of aromatic nitrogens is 1. The van der Waals surface area contributed by atoms with Crippen LogP contribution in [0.4, 0.5) is 0 Å². The minimum atomic E-state index is -0.761. The number of nitriles is 1. The van der Waals surface area contributed by atoms with Crippen molar-refractivity contribution in [2.45, 2.75) is 26.1 Å². The second-order valence-electron chi connectivity index (χ2n) is 4.73. The first-order valence-corrected chi connectivity index (χ1v) is 6.41. The molecule has 1 atom stereocenters. The maximum Gasteiger partial charge on any atom is 0.213 e. The number of ether oxygens (including phenoxy) is 1. The third kappa shape index (κ3) is 3.34. The van der Waals surface area contributed by atoms with Crippen LogP contribution in [-0.2, 0) is 0 Å². The van der Waals surface area contributed by atoms with Gasteiger partial charge < -0.3 is 9.84 Å². The molecular formula is C16H16N2O2. The molecule has 102 valence electrons. The largest absolute Gasteiger partial charge is 0.475 e. The predicted octanol–water partition coefficient (Wildman–Crippen LogP) is 2.82. The van der Waals surface area contributed by atoms with E-state index >= 15 is 0 Å². The van der Waals surface area contributed by atoms with Gasteiger partial charge in [0.1, 0.15) is 6.10 Å². The van der Waals surface area contributed by atoms with Gasteiger partial charge in [0, 0.05) is 17.8 Å². The van der Waals surface area contributed by atoms with Crippen LogP contribution in [-0.4, -0.2) is 16.2 Å². The summed E-state index contributed by atoms with van der Waals surface area (Å²) >= 11 is 0. The van der Waals surface area contributed by atoms with Gasteiger partial charge in [0.05, 0.1) is 17.7 Å². The van der Waals surface area contributed by atoms with Crippen LogP contribution < -0.4 is 4.74 Å². The van der Waals surface area contributed by atoms with Crippen molar-refractivity contribution in [3.05, 3.63) is 59.3 Å². The summed E-state index contributed by atoms with van der Waals surface area (Å²) in [5.74, 6) is 0.538. The van der Waals surface area contributed by atoms with Crippen LogP contribution in [0.2, 0.25) is 0 Å². The highest BCUT2D eigenvalue weighted by atomic mass is 16.5. The van der Waals surface area contributed by atoms with Gasteiger partial charge in [-0.2, -0.15) is 5.26 Å². The maximum atomic E-state index is 10.3. The Morgan fingerprint density at radius 2 is 1.75 bits per heavy atom. The van der Waals surface area contributed by atoms with E-state index in [1.165, 1.54) is 0 Å². The van der Waals surface area contributed by atoms with Crippen LogP contribution in [0.15, 0.2) is 42.6 Å². The minimum absolute atomic E-state index is 0.0665. The Bertz CT molecular complexity index is 598. The molecule has 0 aliphatic carbocycles. The summed E-state index contributed by atoms with van der Waals surface area (Å²) in [4.78, 5) is 4.16. The molecule has 4 nitrogen and oxygen atoms in total. The lowest BCUT2D eigenvalue weighted by Gasteiger charge is -2.13. The predicted molar refractivity (Wildman–Crippen MR) is 75.2 cm³/mol.